The average Bonchev–Trinajstić information content (AvgIpc) is 2.09. The summed E-state index contributed by atoms with van der Waals surface area (Å²) >= 11 is 0. The van der Waals surface area contributed by atoms with Crippen LogP contribution in [-0.2, 0) is 4.79 Å². The molecule has 0 fully saturated rings. The second-order valence-corrected chi connectivity index (χ2v) is 2.09. The van der Waals surface area contributed by atoms with E-state index >= 15 is 0 Å². The number of carbonyl (C=O) groups is 1. The fraction of sp³-hybridized carbons (Fsp3) is 0.333. The van der Waals surface area contributed by atoms with E-state index in [1.165, 1.54) is 11.9 Å². The van der Waals surface area contributed by atoms with Gasteiger partial charge in [0, 0.05) is 7.05 Å². The van der Waals surface area contributed by atoms with Gasteiger partial charge < -0.3 is 10.0 Å². The van der Waals surface area contributed by atoms with Gasteiger partial charge in [0.05, 0.1) is 6.54 Å². The molecule has 0 saturated carbocycles. The minimum Gasteiger partial charge on any atom is -0.509 e. The smallest absolute Gasteiger partial charge is 0.268 e. The lowest BCUT2D eigenvalue weighted by Crippen LogP contribution is -2.21. The molecule has 0 atom stereocenters. The number of likely N-dealkylation sites (N-methyl/N-ethyl adjacent to an activating group) is 1. The van der Waals surface area contributed by atoms with Gasteiger partial charge >= 0.3 is 0 Å². The van der Waals surface area contributed by atoms with E-state index < -0.39 is 5.91 Å². The maximum absolute atomic E-state index is 10.8. The number of hydrogen-bond acceptors (Lipinski definition) is 3. The number of rotatable bonds is 0. The largest absolute Gasteiger partial charge is 0.509 e. The van der Waals surface area contributed by atoms with Gasteiger partial charge in [0.2, 0.25) is 0 Å². The Bertz CT molecular complexity index is 249. The Morgan fingerprint density at radius 2 is 2.40 bits per heavy atom. The van der Waals surface area contributed by atoms with Crippen molar-refractivity contribution in [2.75, 3.05) is 13.6 Å². The van der Waals surface area contributed by atoms with E-state index in [2.05, 4.69) is 0 Å². The number of aliphatic hydroxyl groups is 1. The summed E-state index contributed by atoms with van der Waals surface area (Å²) in [5.74, 6) is -0.532. The van der Waals surface area contributed by atoms with E-state index in [0.717, 1.165) is 0 Å². The van der Waals surface area contributed by atoms with Gasteiger partial charge in [-0.25, -0.2) is 0 Å². The first-order valence-electron chi connectivity index (χ1n) is 2.74. The molecule has 0 unspecified atom stereocenters. The van der Waals surface area contributed by atoms with Crippen LogP contribution in [0.3, 0.4) is 0 Å². The van der Waals surface area contributed by atoms with Crippen molar-refractivity contribution in [3.05, 3.63) is 11.3 Å². The Kier molecular flexibility index (Phi) is 1.34. The van der Waals surface area contributed by atoms with Crippen LogP contribution in [-0.4, -0.2) is 29.5 Å². The number of carbonyl (C=O) groups excluding carboxylic acids is 1. The minimum atomic E-state index is -0.403. The summed E-state index contributed by atoms with van der Waals surface area (Å²) in [7, 11) is 1.53. The van der Waals surface area contributed by atoms with Crippen LogP contribution in [0.25, 0.3) is 0 Å². The minimum absolute atomic E-state index is 0.130. The summed E-state index contributed by atoms with van der Waals surface area (Å²) in [4.78, 5) is 12.1. The Morgan fingerprint density at radius 3 is 2.60 bits per heavy atom. The highest BCUT2D eigenvalue weighted by Gasteiger charge is 2.26. The third-order valence-corrected chi connectivity index (χ3v) is 1.35. The highest BCUT2D eigenvalue weighted by Crippen LogP contribution is 2.13. The van der Waals surface area contributed by atoms with Crippen molar-refractivity contribution in [2.24, 2.45) is 0 Å². The van der Waals surface area contributed by atoms with E-state index in [1.807, 2.05) is 0 Å². The summed E-state index contributed by atoms with van der Waals surface area (Å²) in [5.41, 5.74) is -0.137. The van der Waals surface area contributed by atoms with Gasteiger partial charge in [-0.3, -0.25) is 4.79 Å². The molecule has 4 nitrogen and oxygen atoms in total. The standard InChI is InChI=1S/C6H6N2O2/c1-8-3-5(9)4(2-7)6(8)10/h9H,3H2,1H3. The van der Waals surface area contributed by atoms with Crippen LogP contribution in [0, 0.1) is 11.3 Å². The summed E-state index contributed by atoms with van der Waals surface area (Å²) in [6.45, 7) is 0.154. The quantitative estimate of drug-likeness (QED) is 0.504. The number of hydrogen-bond donors (Lipinski definition) is 1. The number of nitrogens with zero attached hydrogens (tertiary/aromatic N) is 2. The molecular formula is C6H6N2O2. The van der Waals surface area contributed by atoms with E-state index in [1.54, 1.807) is 6.07 Å². The topological polar surface area (TPSA) is 64.3 Å². The zero-order valence-electron chi connectivity index (χ0n) is 5.46. The monoisotopic (exact) mass is 138 g/mol. The van der Waals surface area contributed by atoms with Crippen molar-refractivity contribution < 1.29 is 9.90 Å². The second kappa shape index (κ2) is 2.03. The molecule has 1 rings (SSSR count). The van der Waals surface area contributed by atoms with Crippen LogP contribution in [0.15, 0.2) is 11.3 Å². The Morgan fingerprint density at radius 1 is 1.80 bits per heavy atom. The molecule has 0 aromatic heterocycles. The zero-order chi connectivity index (χ0) is 7.72. The van der Waals surface area contributed by atoms with Gasteiger partial charge in [0.15, 0.2) is 5.57 Å². The van der Waals surface area contributed by atoms with Crippen molar-refractivity contribution in [2.45, 2.75) is 0 Å². The Labute approximate surface area is 58.0 Å². The first-order chi connectivity index (χ1) is 4.66. The van der Waals surface area contributed by atoms with Gasteiger partial charge in [-0.05, 0) is 0 Å². The van der Waals surface area contributed by atoms with E-state index in [9.17, 15) is 4.79 Å². The van der Waals surface area contributed by atoms with Gasteiger partial charge in [0.25, 0.3) is 5.91 Å². The third kappa shape index (κ3) is 0.722. The number of nitriles is 1. The molecule has 0 saturated heterocycles. The van der Waals surface area contributed by atoms with Crippen molar-refractivity contribution >= 4 is 5.91 Å². The summed E-state index contributed by atoms with van der Waals surface area (Å²) in [6, 6.07) is 1.63. The molecular weight excluding hydrogens is 132 g/mol. The number of amides is 1. The molecule has 4 heteroatoms. The predicted octanol–water partition coefficient (Wildman–Crippen LogP) is -0.206. The number of aliphatic hydroxyl groups excluding tert-OH is 1. The predicted molar refractivity (Wildman–Crippen MR) is 32.9 cm³/mol. The second-order valence-electron chi connectivity index (χ2n) is 2.09. The van der Waals surface area contributed by atoms with Crippen LogP contribution in [0.4, 0.5) is 0 Å². The lowest BCUT2D eigenvalue weighted by Gasteiger charge is -2.04. The summed E-state index contributed by atoms with van der Waals surface area (Å²) < 4.78 is 0. The normalized spacial score (nSPS) is 18.0. The molecule has 1 amide bonds. The lowest BCUT2D eigenvalue weighted by atomic mass is 10.3. The Hall–Kier alpha value is -1.50. The Balaban J connectivity index is 2.99. The summed E-state index contributed by atoms with van der Waals surface area (Å²) in [6.07, 6.45) is 0. The van der Waals surface area contributed by atoms with Crippen molar-refractivity contribution in [3.8, 4) is 6.07 Å². The van der Waals surface area contributed by atoms with Crippen LogP contribution in [0.2, 0.25) is 0 Å². The molecule has 1 heterocycles. The first-order valence-corrected chi connectivity index (χ1v) is 2.74. The van der Waals surface area contributed by atoms with E-state index in [0.29, 0.717) is 0 Å². The molecule has 1 N–H and O–H groups in total. The first kappa shape index (κ1) is 6.62. The van der Waals surface area contributed by atoms with Crippen LogP contribution < -0.4 is 0 Å². The highest BCUT2D eigenvalue weighted by molar-refractivity contribution is 5.99. The molecule has 1 aliphatic rings. The van der Waals surface area contributed by atoms with Gasteiger partial charge in [-0.15, -0.1) is 0 Å². The van der Waals surface area contributed by atoms with E-state index in [-0.39, 0.29) is 17.9 Å². The van der Waals surface area contributed by atoms with Crippen molar-refractivity contribution in [3.63, 3.8) is 0 Å². The van der Waals surface area contributed by atoms with Crippen LogP contribution in [0.1, 0.15) is 0 Å². The fourth-order valence-electron chi connectivity index (χ4n) is 0.802. The third-order valence-electron chi connectivity index (χ3n) is 1.35. The average molecular weight is 138 g/mol. The van der Waals surface area contributed by atoms with Gasteiger partial charge in [-0.1, -0.05) is 0 Å². The molecule has 10 heavy (non-hydrogen) atoms. The van der Waals surface area contributed by atoms with Gasteiger partial charge in [0.1, 0.15) is 11.8 Å². The fourth-order valence-corrected chi connectivity index (χ4v) is 0.802. The van der Waals surface area contributed by atoms with Gasteiger partial charge in [-0.2, -0.15) is 5.26 Å². The zero-order valence-corrected chi connectivity index (χ0v) is 5.46. The van der Waals surface area contributed by atoms with Crippen molar-refractivity contribution in [1.82, 2.24) is 4.90 Å². The highest BCUT2D eigenvalue weighted by atomic mass is 16.3. The molecule has 0 radical (unpaired) electrons. The van der Waals surface area contributed by atoms with Crippen LogP contribution >= 0.6 is 0 Å². The maximum atomic E-state index is 10.8. The lowest BCUT2D eigenvalue weighted by molar-refractivity contribution is -0.123. The molecule has 0 bridgehead atoms. The molecule has 1 aliphatic heterocycles. The van der Waals surface area contributed by atoms with Crippen molar-refractivity contribution in [1.29, 1.82) is 5.26 Å². The molecule has 52 valence electrons. The summed E-state index contributed by atoms with van der Waals surface area (Å²) in [5, 5.41) is 17.2. The SMILES string of the molecule is CN1CC(O)=C(C#N)C1=O. The van der Waals surface area contributed by atoms with E-state index in [4.69, 9.17) is 10.4 Å². The molecule has 0 spiro atoms. The molecule has 0 aromatic rings. The maximum Gasteiger partial charge on any atom is 0.268 e. The molecule has 0 aliphatic carbocycles. The molecule has 0 aromatic carbocycles. The van der Waals surface area contributed by atoms with Crippen LogP contribution in [0.5, 0.6) is 0 Å².